The minimum absolute atomic E-state index is 0.273. The van der Waals surface area contributed by atoms with Crippen LogP contribution in [0, 0.1) is 0 Å². The highest BCUT2D eigenvalue weighted by Crippen LogP contribution is 2.20. The number of carbonyl (C=O) groups excluding carboxylic acids is 1. The van der Waals surface area contributed by atoms with Crippen LogP contribution in [0.1, 0.15) is 32.3 Å². The Labute approximate surface area is 101 Å². The summed E-state index contributed by atoms with van der Waals surface area (Å²) in [5.74, 6) is -0.882. The van der Waals surface area contributed by atoms with E-state index in [9.17, 15) is 9.59 Å². The first-order chi connectivity index (χ1) is 7.91. The van der Waals surface area contributed by atoms with E-state index in [-0.39, 0.29) is 12.5 Å². The van der Waals surface area contributed by atoms with Crippen LogP contribution in [-0.4, -0.2) is 23.5 Å². The SMILES string of the molecule is CC(=O)N(CC(=O)O)c1ccc(C(C)C)cc1. The van der Waals surface area contributed by atoms with E-state index in [1.807, 2.05) is 12.1 Å². The molecule has 0 heterocycles. The molecule has 0 fully saturated rings. The Morgan fingerprint density at radius 3 is 2.12 bits per heavy atom. The van der Waals surface area contributed by atoms with Gasteiger partial charge in [-0.3, -0.25) is 9.59 Å². The van der Waals surface area contributed by atoms with Gasteiger partial charge in [-0.2, -0.15) is 0 Å². The lowest BCUT2D eigenvalue weighted by Gasteiger charge is -2.19. The summed E-state index contributed by atoms with van der Waals surface area (Å²) < 4.78 is 0. The number of amides is 1. The summed E-state index contributed by atoms with van der Waals surface area (Å²) in [6.07, 6.45) is 0. The highest BCUT2D eigenvalue weighted by Gasteiger charge is 2.14. The molecule has 1 aromatic carbocycles. The molecule has 0 saturated heterocycles. The van der Waals surface area contributed by atoms with Crippen LogP contribution >= 0.6 is 0 Å². The fraction of sp³-hybridized carbons (Fsp3) is 0.385. The number of carboxylic acid groups (broad SMARTS) is 1. The van der Waals surface area contributed by atoms with Crippen LogP contribution in [0.5, 0.6) is 0 Å². The fourth-order valence-electron chi connectivity index (χ4n) is 1.56. The van der Waals surface area contributed by atoms with Crippen molar-refractivity contribution in [3.8, 4) is 0 Å². The minimum Gasteiger partial charge on any atom is -0.480 e. The van der Waals surface area contributed by atoms with Crippen LogP contribution in [0.15, 0.2) is 24.3 Å². The van der Waals surface area contributed by atoms with Gasteiger partial charge in [-0.05, 0) is 23.6 Å². The van der Waals surface area contributed by atoms with Crippen molar-refractivity contribution in [3.05, 3.63) is 29.8 Å². The highest BCUT2D eigenvalue weighted by molar-refractivity contribution is 5.95. The summed E-state index contributed by atoms with van der Waals surface area (Å²) in [4.78, 5) is 23.3. The van der Waals surface area contributed by atoms with E-state index in [4.69, 9.17) is 5.11 Å². The number of aliphatic carboxylic acids is 1. The van der Waals surface area contributed by atoms with Crippen LogP contribution < -0.4 is 4.90 Å². The second-order valence-corrected chi connectivity index (χ2v) is 4.25. The van der Waals surface area contributed by atoms with Gasteiger partial charge in [0.2, 0.25) is 5.91 Å². The second-order valence-electron chi connectivity index (χ2n) is 4.25. The normalized spacial score (nSPS) is 10.4. The number of hydrogen-bond donors (Lipinski definition) is 1. The molecule has 0 spiro atoms. The van der Waals surface area contributed by atoms with Gasteiger partial charge in [0, 0.05) is 12.6 Å². The van der Waals surface area contributed by atoms with E-state index in [0.717, 1.165) is 5.56 Å². The van der Waals surface area contributed by atoms with Gasteiger partial charge in [0.15, 0.2) is 0 Å². The van der Waals surface area contributed by atoms with Crippen LogP contribution in [0.2, 0.25) is 0 Å². The molecule has 0 aliphatic rings. The molecule has 0 radical (unpaired) electrons. The molecule has 92 valence electrons. The first-order valence-corrected chi connectivity index (χ1v) is 5.51. The first-order valence-electron chi connectivity index (χ1n) is 5.51. The molecular formula is C13H17NO3. The summed E-state index contributed by atoms with van der Waals surface area (Å²) >= 11 is 0. The number of benzene rings is 1. The quantitative estimate of drug-likeness (QED) is 0.870. The maximum Gasteiger partial charge on any atom is 0.323 e. The van der Waals surface area contributed by atoms with Crippen LogP contribution in [-0.2, 0) is 9.59 Å². The number of rotatable bonds is 4. The number of carboxylic acids is 1. The van der Waals surface area contributed by atoms with Crippen molar-refractivity contribution in [2.75, 3.05) is 11.4 Å². The van der Waals surface area contributed by atoms with Crippen molar-refractivity contribution in [2.45, 2.75) is 26.7 Å². The molecule has 0 aliphatic heterocycles. The van der Waals surface area contributed by atoms with Gasteiger partial charge in [-0.15, -0.1) is 0 Å². The van der Waals surface area contributed by atoms with Gasteiger partial charge < -0.3 is 10.0 Å². The highest BCUT2D eigenvalue weighted by atomic mass is 16.4. The average molecular weight is 235 g/mol. The van der Waals surface area contributed by atoms with Crippen molar-refractivity contribution >= 4 is 17.6 Å². The average Bonchev–Trinajstić information content (AvgIpc) is 2.25. The molecule has 4 nitrogen and oxygen atoms in total. The fourth-order valence-corrected chi connectivity index (χ4v) is 1.56. The predicted octanol–water partition coefficient (Wildman–Crippen LogP) is 2.25. The Balaban J connectivity index is 2.95. The lowest BCUT2D eigenvalue weighted by atomic mass is 10.0. The lowest BCUT2D eigenvalue weighted by Crippen LogP contribution is -2.33. The molecule has 0 saturated carbocycles. The third-order valence-corrected chi connectivity index (χ3v) is 2.54. The van der Waals surface area contributed by atoms with E-state index in [1.54, 1.807) is 12.1 Å². The molecule has 0 unspecified atom stereocenters. The van der Waals surface area contributed by atoms with Crippen molar-refractivity contribution in [1.82, 2.24) is 0 Å². The molecular weight excluding hydrogens is 218 g/mol. The van der Waals surface area contributed by atoms with Gasteiger partial charge in [0.25, 0.3) is 0 Å². The van der Waals surface area contributed by atoms with Gasteiger partial charge in [-0.1, -0.05) is 26.0 Å². The largest absolute Gasteiger partial charge is 0.480 e. The van der Waals surface area contributed by atoms with E-state index in [2.05, 4.69) is 13.8 Å². The molecule has 17 heavy (non-hydrogen) atoms. The van der Waals surface area contributed by atoms with E-state index in [1.165, 1.54) is 11.8 Å². The Morgan fingerprint density at radius 2 is 1.76 bits per heavy atom. The van der Waals surface area contributed by atoms with Crippen molar-refractivity contribution in [3.63, 3.8) is 0 Å². The molecule has 1 amide bonds. The first kappa shape index (κ1) is 13.2. The molecule has 1 N–H and O–H groups in total. The predicted molar refractivity (Wildman–Crippen MR) is 66.2 cm³/mol. The van der Waals surface area contributed by atoms with Gasteiger partial charge in [0.05, 0.1) is 0 Å². The molecule has 0 aromatic heterocycles. The molecule has 1 rings (SSSR count). The zero-order valence-corrected chi connectivity index (χ0v) is 10.3. The molecule has 0 aliphatic carbocycles. The van der Waals surface area contributed by atoms with Crippen molar-refractivity contribution < 1.29 is 14.7 Å². The number of anilines is 1. The maximum atomic E-state index is 11.4. The maximum absolute atomic E-state index is 11.4. The van der Waals surface area contributed by atoms with Gasteiger partial charge >= 0.3 is 5.97 Å². The molecule has 4 heteroatoms. The third-order valence-electron chi connectivity index (χ3n) is 2.54. The third kappa shape index (κ3) is 3.59. The summed E-state index contributed by atoms with van der Waals surface area (Å²) in [6.45, 7) is 5.21. The topological polar surface area (TPSA) is 57.6 Å². The number of hydrogen-bond acceptors (Lipinski definition) is 2. The Hall–Kier alpha value is -1.84. The number of nitrogens with zero attached hydrogens (tertiary/aromatic N) is 1. The zero-order valence-electron chi connectivity index (χ0n) is 10.3. The van der Waals surface area contributed by atoms with Crippen molar-refractivity contribution in [2.24, 2.45) is 0 Å². The Morgan fingerprint density at radius 1 is 1.24 bits per heavy atom. The summed E-state index contributed by atoms with van der Waals surface area (Å²) in [6, 6.07) is 7.38. The minimum atomic E-state index is -1.02. The smallest absolute Gasteiger partial charge is 0.323 e. The van der Waals surface area contributed by atoms with Crippen LogP contribution in [0.4, 0.5) is 5.69 Å². The molecule has 1 aromatic rings. The molecule has 0 bridgehead atoms. The van der Waals surface area contributed by atoms with E-state index in [0.29, 0.717) is 11.6 Å². The van der Waals surface area contributed by atoms with Crippen LogP contribution in [0.3, 0.4) is 0 Å². The number of carbonyl (C=O) groups is 2. The lowest BCUT2D eigenvalue weighted by molar-refractivity contribution is -0.136. The Kier molecular flexibility index (Phi) is 4.26. The monoisotopic (exact) mass is 235 g/mol. The standard InChI is InChI=1S/C13H17NO3/c1-9(2)11-4-6-12(7-5-11)14(10(3)15)8-13(16)17/h4-7,9H,8H2,1-3H3,(H,16,17). The van der Waals surface area contributed by atoms with Crippen LogP contribution in [0.25, 0.3) is 0 Å². The summed E-state index contributed by atoms with van der Waals surface area (Å²) in [7, 11) is 0. The Bertz CT molecular complexity index is 409. The van der Waals surface area contributed by atoms with Gasteiger partial charge in [0.1, 0.15) is 6.54 Å². The van der Waals surface area contributed by atoms with E-state index >= 15 is 0 Å². The van der Waals surface area contributed by atoms with Crippen molar-refractivity contribution in [1.29, 1.82) is 0 Å². The zero-order chi connectivity index (χ0) is 13.0. The summed E-state index contributed by atoms with van der Waals surface area (Å²) in [5, 5.41) is 8.74. The van der Waals surface area contributed by atoms with Gasteiger partial charge in [-0.25, -0.2) is 0 Å². The second kappa shape index (κ2) is 5.48. The molecule has 0 atom stereocenters. The summed E-state index contributed by atoms with van der Waals surface area (Å²) in [5.41, 5.74) is 1.77. The van der Waals surface area contributed by atoms with E-state index < -0.39 is 5.97 Å².